The van der Waals surface area contributed by atoms with Crippen molar-refractivity contribution in [1.29, 1.82) is 0 Å². The molecular formula is C14H17ClO4. The Morgan fingerprint density at radius 2 is 2.21 bits per heavy atom. The number of hydrogen-bond acceptors (Lipinski definition) is 3. The average molecular weight is 285 g/mol. The van der Waals surface area contributed by atoms with Crippen molar-refractivity contribution < 1.29 is 19.4 Å². The molecule has 1 rings (SSSR count). The molecular weight excluding hydrogens is 268 g/mol. The molecule has 0 saturated heterocycles. The predicted molar refractivity (Wildman–Crippen MR) is 75.1 cm³/mol. The highest BCUT2D eigenvalue weighted by atomic mass is 35.5. The molecule has 0 heterocycles. The number of rotatable bonds is 7. The van der Waals surface area contributed by atoms with Crippen molar-refractivity contribution in [2.75, 3.05) is 13.7 Å². The molecule has 4 nitrogen and oxygen atoms in total. The van der Waals surface area contributed by atoms with Crippen molar-refractivity contribution in [3.63, 3.8) is 0 Å². The van der Waals surface area contributed by atoms with Gasteiger partial charge in [0.15, 0.2) is 11.5 Å². The van der Waals surface area contributed by atoms with Crippen molar-refractivity contribution in [1.82, 2.24) is 0 Å². The number of carbonyl (C=O) groups is 1. The standard InChI is InChI=1S/C14H17ClO4/c1-3-4-7-19-14-10(5-6-13(16)17)8-11(15)9-12(14)18-2/h5-6,8-9H,3-4,7H2,1-2H3,(H,16,17)/b6-5+. The normalized spacial score (nSPS) is 10.7. The molecule has 0 aromatic heterocycles. The van der Waals surface area contributed by atoms with Crippen LogP contribution in [0.5, 0.6) is 11.5 Å². The predicted octanol–water partition coefficient (Wildman–Crippen LogP) is 3.63. The van der Waals surface area contributed by atoms with E-state index in [0.29, 0.717) is 28.7 Å². The quantitative estimate of drug-likeness (QED) is 0.614. The van der Waals surface area contributed by atoms with Crippen LogP contribution in [0.2, 0.25) is 5.02 Å². The third-order valence-electron chi connectivity index (χ3n) is 2.42. The first kappa shape index (κ1) is 15.4. The van der Waals surface area contributed by atoms with E-state index in [9.17, 15) is 4.79 Å². The molecule has 104 valence electrons. The van der Waals surface area contributed by atoms with Gasteiger partial charge in [-0.1, -0.05) is 24.9 Å². The van der Waals surface area contributed by atoms with Crippen molar-refractivity contribution in [3.8, 4) is 11.5 Å². The second kappa shape index (κ2) is 7.69. The Morgan fingerprint density at radius 3 is 2.79 bits per heavy atom. The van der Waals surface area contributed by atoms with Gasteiger partial charge in [-0.25, -0.2) is 4.79 Å². The lowest BCUT2D eigenvalue weighted by Crippen LogP contribution is -2.01. The van der Waals surface area contributed by atoms with Gasteiger partial charge in [0, 0.05) is 22.7 Å². The summed E-state index contributed by atoms with van der Waals surface area (Å²) < 4.78 is 10.9. The highest BCUT2D eigenvalue weighted by molar-refractivity contribution is 6.31. The highest BCUT2D eigenvalue weighted by Gasteiger charge is 2.11. The van der Waals surface area contributed by atoms with E-state index >= 15 is 0 Å². The van der Waals surface area contributed by atoms with E-state index in [1.165, 1.54) is 13.2 Å². The Morgan fingerprint density at radius 1 is 1.47 bits per heavy atom. The monoisotopic (exact) mass is 284 g/mol. The van der Waals surface area contributed by atoms with Gasteiger partial charge in [-0.15, -0.1) is 0 Å². The first-order chi connectivity index (χ1) is 9.08. The molecule has 0 spiro atoms. The van der Waals surface area contributed by atoms with Crippen LogP contribution < -0.4 is 9.47 Å². The lowest BCUT2D eigenvalue weighted by molar-refractivity contribution is -0.131. The number of carboxylic acids is 1. The van der Waals surface area contributed by atoms with Crippen molar-refractivity contribution in [2.45, 2.75) is 19.8 Å². The largest absolute Gasteiger partial charge is 0.493 e. The number of benzene rings is 1. The first-order valence-electron chi connectivity index (χ1n) is 5.99. The minimum absolute atomic E-state index is 0.463. The maximum absolute atomic E-state index is 10.6. The number of halogens is 1. The number of methoxy groups -OCH3 is 1. The number of hydrogen-bond donors (Lipinski definition) is 1. The van der Waals surface area contributed by atoms with Gasteiger partial charge >= 0.3 is 5.97 Å². The van der Waals surface area contributed by atoms with E-state index in [4.69, 9.17) is 26.2 Å². The fraction of sp³-hybridized carbons (Fsp3) is 0.357. The van der Waals surface area contributed by atoms with E-state index < -0.39 is 5.97 Å². The molecule has 5 heteroatoms. The summed E-state index contributed by atoms with van der Waals surface area (Å²) in [6.07, 6.45) is 4.40. The Kier molecular flexibility index (Phi) is 6.22. The molecule has 1 aromatic carbocycles. The summed E-state index contributed by atoms with van der Waals surface area (Å²) in [7, 11) is 1.52. The molecule has 0 radical (unpaired) electrons. The van der Waals surface area contributed by atoms with Crippen LogP contribution in [0.1, 0.15) is 25.3 Å². The smallest absolute Gasteiger partial charge is 0.328 e. The zero-order valence-electron chi connectivity index (χ0n) is 11.0. The summed E-state index contributed by atoms with van der Waals surface area (Å²) in [6.45, 7) is 2.61. The third-order valence-corrected chi connectivity index (χ3v) is 2.64. The van der Waals surface area contributed by atoms with Crippen LogP contribution in [0.15, 0.2) is 18.2 Å². The molecule has 0 fully saturated rings. The van der Waals surface area contributed by atoms with E-state index in [0.717, 1.165) is 18.9 Å². The maximum atomic E-state index is 10.6. The van der Waals surface area contributed by atoms with Crippen LogP contribution in [-0.2, 0) is 4.79 Å². The number of ether oxygens (including phenoxy) is 2. The van der Waals surface area contributed by atoms with Crippen molar-refractivity contribution >= 4 is 23.6 Å². The number of aliphatic carboxylic acids is 1. The summed E-state index contributed by atoms with van der Waals surface area (Å²) in [5, 5.41) is 9.15. The highest BCUT2D eigenvalue weighted by Crippen LogP contribution is 2.35. The molecule has 0 amide bonds. The Labute approximate surface area is 117 Å². The topological polar surface area (TPSA) is 55.8 Å². The SMILES string of the molecule is CCCCOc1c(/C=C/C(=O)O)cc(Cl)cc1OC. The molecule has 1 N–H and O–H groups in total. The van der Waals surface area contributed by atoms with E-state index in [1.54, 1.807) is 12.1 Å². The average Bonchev–Trinajstić information content (AvgIpc) is 2.37. The van der Waals surface area contributed by atoms with Crippen LogP contribution in [0.4, 0.5) is 0 Å². The molecule has 0 aliphatic carbocycles. The number of carboxylic acid groups (broad SMARTS) is 1. The molecule has 19 heavy (non-hydrogen) atoms. The van der Waals surface area contributed by atoms with Crippen LogP contribution in [-0.4, -0.2) is 24.8 Å². The lowest BCUT2D eigenvalue weighted by atomic mass is 10.1. The molecule has 0 aliphatic rings. The van der Waals surface area contributed by atoms with Gasteiger partial charge in [0.25, 0.3) is 0 Å². The summed E-state index contributed by atoms with van der Waals surface area (Å²) in [6, 6.07) is 3.28. The lowest BCUT2D eigenvalue weighted by Gasteiger charge is -2.13. The van der Waals surface area contributed by atoms with Crippen LogP contribution in [0.3, 0.4) is 0 Å². The molecule has 0 unspecified atom stereocenters. The van der Waals surface area contributed by atoms with Gasteiger partial charge in [0.05, 0.1) is 13.7 Å². The minimum Gasteiger partial charge on any atom is -0.493 e. The Hall–Kier alpha value is -1.68. The van der Waals surface area contributed by atoms with E-state index in [-0.39, 0.29) is 0 Å². The first-order valence-corrected chi connectivity index (χ1v) is 6.37. The van der Waals surface area contributed by atoms with Crippen LogP contribution in [0, 0.1) is 0 Å². The van der Waals surface area contributed by atoms with Crippen molar-refractivity contribution in [3.05, 3.63) is 28.8 Å². The Bertz CT molecular complexity index is 469. The molecule has 0 aliphatic heterocycles. The van der Waals surface area contributed by atoms with Gasteiger partial charge < -0.3 is 14.6 Å². The summed E-state index contributed by atoms with van der Waals surface area (Å²) in [5.74, 6) is -0.0232. The second-order valence-corrected chi connectivity index (χ2v) is 4.34. The van der Waals surface area contributed by atoms with E-state index in [2.05, 4.69) is 6.92 Å². The van der Waals surface area contributed by atoms with Gasteiger partial charge in [0.1, 0.15) is 0 Å². The van der Waals surface area contributed by atoms with E-state index in [1.807, 2.05) is 0 Å². The summed E-state index contributed by atoms with van der Waals surface area (Å²) >= 11 is 5.96. The van der Waals surface area contributed by atoms with Crippen LogP contribution >= 0.6 is 11.6 Å². The van der Waals surface area contributed by atoms with Gasteiger partial charge in [-0.05, 0) is 18.6 Å². The maximum Gasteiger partial charge on any atom is 0.328 e. The second-order valence-electron chi connectivity index (χ2n) is 3.90. The molecule has 0 bridgehead atoms. The fourth-order valence-electron chi connectivity index (χ4n) is 1.50. The zero-order chi connectivity index (χ0) is 14.3. The van der Waals surface area contributed by atoms with Crippen molar-refractivity contribution in [2.24, 2.45) is 0 Å². The van der Waals surface area contributed by atoms with Gasteiger partial charge in [0.2, 0.25) is 0 Å². The third kappa shape index (κ3) is 4.83. The Balaban J connectivity index is 3.09. The summed E-state index contributed by atoms with van der Waals surface area (Å²) in [4.78, 5) is 10.6. The molecule has 0 atom stereocenters. The summed E-state index contributed by atoms with van der Waals surface area (Å²) in [5.41, 5.74) is 0.586. The molecule has 1 aromatic rings. The fourth-order valence-corrected chi connectivity index (χ4v) is 1.71. The number of unbranched alkanes of at least 4 members (excludes halogenated alkanes) is 1. The van der Waals surface area contributed by atoms with Gasteiger partial charge in [-0.2, -0.15) is 0 Å². The molecule has 0 saturated carbocycles. The minimum atomic E-state index is -1.03. The van der Waals surface area contributed by atoms with Crippen LogP contribution in [0.25, 0.3) is 6.08 Å². The van der Waals surface area contributed by atoms with Gasteiger partial charge in [-0.3, -0.25) is 0 Å². The zero-order valence-corrected chi connectivity index (χ0v) is 11.7.